The maximum absolute atomic E-state index is 10.1. The van der Waals surface area contributed by atoms with Gasteiger partial charge in [-0.3, -0.25) is 4.99 Å². The average molecular weight is 396 g/mol. The predicted molar refractivity (Wildman–Crippen MR) is 102 cm³/mol. The summed E-state index contributed by atoms with van der Waals surface area (Å²) < 4.78 is 0. The number of para-hydroxylation sites is 3. The van der Waals surface area contributed by atoms with Gasteiger partial charge in [0, 0.05) is 6.21 Å². The van der Waals surface area contributed by atoms with Gasteiger partial charge < -0.3 is 10.4 Å². The van der Waals surface area contributed by atoms with Crippen molar-refractivity contribution in [2.24, 2.45) is 4.99 Å². The van der Waals surface area contributed by atoms with Crippen LogP contribution in [0.15, 0.2) is 77.8 Å². The minimum absolute atomic E-state index is 0.210. The molecule has 0 bridgehead atoms. The van der Waals surface area contributed by atoms with Crippen LogP contribution in [-0.2, 0) is 14.8 Å². The average Bonchev–Trinajstić information content (AvgIpc) is 2.67. The molecule has 0 unspecified atom stereocenters. The van der Waals surface area contributed by atoms with Crippen LogP contribution in [-0.4, -0.2) is 11.3 Å². The van der Waals surface area contributed by atoms with E-state index in [1.807, 2.05) is 73.7 Å². The number of benzene rings is 3. The van der Waals surface area contributed by atoms with E-state index >= 15 is 0 Å². The molecule has 5 heteroatoms. The van der Waals surface area contributed by atoms with Crippen LogP contribution in [0.2, 0.25) is 0 Å². The van der Waals surface area contributed by atoms with Crippen LogP contribution in [0.4, 0.5) is 17.1 Å². The van der Waals surface area contributed by atoms with Crippen LogP contribution in [0.3, 0.4) is 0 Å². The van der Waals surface area contributed by atoms with E-state index in [1.165, 1.54) is 0 Å². The zero-order chi connectivity index (χ0) is 18.1. The second-order valence-corrected chi connectivity index (χ2v) is 5.21. The van der Waals surface area contributed by atoms with Gasteiger partial charge >= 0.3 is 25.0 Å². The molecule has 0 radical (unpaired) electrons. The second-order valence-electron chi connectivity index (χ2n) is 5.21. The van der Waals surface area contributed by atoms with E-state index in [1.54, 1.807) is 12.3 Å². The zero-order valence-electron chi connectivity index (χ0n) is 13.6. The SMILES string of the molecule is Cc1cccc([N-]c2ccccc2C=Nc2ccccc2)c1O.[Cl][Co+]. The molecular weight excluding hydrogens is 379 g/mol. The van der Waals surface area contributed by atoms with Crippen LogP contribution in [0.25, 0.3) is 5.32 Å². The quantitative estimate of drug-likeness (QED) is 0.505. The van der Waals surface area contributed by atoms with Crippen LogP contribution in [0, 0.1) is 6.92 Å². The van der Waals surface area contributed by atoms with Gasteiger partial charge in [-0.25, -0.2) is 0 Å². The summed E-state index contributed by atoms with van der Waals surface area (Å²) in [5, 5.41) is 14.7. The summed E-state index contributed by atoms with van der Waals surface area (Å²) in [6, 6.07) is 23.0. The summed E-state index contributed by atoms with van der Waals surface area (Å²) >= 11 is 3.03. The Morgan fingerprint density at radius 3 is 2.28 bits per heavy atom. The fourth-order valence-electron chi connectivity index (χ4n) is 2.22. The molecule has 0 aliphatic rings. The molecule has 1 N–H and O–H groups in total. The molecule has 3 aromatic carbocycles. The molecule has 0 aliphatic heterocycles. The number of hydrogen-bond acceptors (Lipinski definition) is 2. The van der Waals surface area contributed by atoms with Gasteiger partial charge in [0.1, 0.15) is 5.75 Å². The van der Waals surface area contributed by atoms with Gasteiger partial charge in [0.15, 0.2) is 0 Å². The Morgan fingerprint density at radius 1 is 0.880 bits per heavy atom. The van der Waals surface area contributed by atoms with Crippen molar-refractivity contribution in [1.82, 2.24) is 0 Å². The van der Waals surface area contributed by atoms with Crippen molar-refractivity contribution in [2.75, 3.05) is 0 Å². The van der Waals surface area contributed by atoms with E-state index < -0.39 is 0 Å². The Kier molecular flexibility index (Phi) is 7.54. The van der Waals surface area contributed by atoms with Crippen molar-refractivity contribution >= 4 is 33.4 Å². The first kappa shape index (κ1) is 19.1. The van der Waals surface area contributed by atoms with Gasteiger partial charge in [0.05, 0.1) is 5.69 Å². The molecule has 0 saturated heterocycles. The first-order chi connectivity index (χ1) is 12.2. The molecule has 0 atom stereocenters. The normalized spacial score (nSPS) is 10.2. The number of aryl methyl sites for hydroxylation is 1. The third-order valence-corrected chi connectivity index (χ3v) is 3.50. The van der Waals surface area contributed by atoms with E-state index in [2.05, 4.69) is 35.3 Å². The predicted octanol–water partition coefficient (Wildman–Crippen LogP) is 6.48. The van der Waals surface area contributed by atoms with Gasteiger partial charge in [-0.1, -0.05) is 66.4 Å². The summed E-state index contributed by atoms with van der Waals surface area (Å²) in [5.41, 5.74) is 3.93. The second kappa shape index (κ2) is 9.89. The molecule has 25 heavy (non-hydrogen) atoms. The van der Waals surface area contributed by atoms with E-state index in [-0.39, 0.29) is 5.75 Å². The van der Waals surface area contributed by atoms with E-state index in [4.69, 9.17) is 0 Å². The number of phenols is 1. The standard InChI is InChI=1S/C20H17N2O.ClH.Co/c1-15-8-7-13-19(20(15)23)22-18-12-6-5-9-16(18)14-21-17-10-3-2-4-11-17;;/h2-14H,1H3,(H-,21,22,23);1H;/q-1;;+2/p-1. The Morgan fingerprint density at radius 2 is 1.52 bits per heavy atom. The van der Waals surface area contributed by atoms with Gasteiger partial charge in [-0.15, -0.1) is 5.69 Å². The van der Waals surface area contributed by atoms with E-state index in [9.17, 15) is 5.11 Å². The fraction of sp³-hybridized carbons (Fsp3) is 0.0500. The van der Waals surface area contributed by atoms with Gasteiger partial charge in [-0.05, 0) is 30.2 Å². The van der Waals surface area contributed by atoms with E-state index in [0.29, 0.717) is 5.69 Å². The summed E-state index contributed by atoms with van der Waals surface area (Å²) in [7, 11) is 4.33. The van der Waals surface area contributed by atoms with Gasteiger partial charge in [0.25, 0.3) is 0 Å². The summed E-state index contributed by atoms with van der Waals surface area (Å²) in [6.07, 6.45) is 1.79. The number of rotatable bonds is 4. The molecule has 0 aliphatic carbocycles. The van der Waals surface area contributed by atoms with Gasteiger partial charge in [0.2, 0.25) is 0 Å². The molecule has 0 amide bonds. The molecule has 3 aromatic rings. The number of hydrogen-bond donors (Lipinski definition) is 1. The summed E-state index contributed by atoms with van der Waals surface area (Å²) in [6.45, 7) is 1.86. The summed E-state index contributed by atoms with van der Waals surface area (Å²) in [4.78, 5) is 4.47. The number of halogens is 1. The van der Waals surface area contributed by atoms with Crippen molar-refractivity contribution < 1.29 is 19.9 Å². The first-order valence-corrected chi connectivity index (χ1v) is 8.98. The third-order valence-electron chi connectivity index (χ3n) is 3.50. The van der Waals surface area contributed by atoms with E-state index in [0.717, 1.165) is 22.5 Å². The summed E-state index contributed by atoms with van der Waals surface area (Å²) in [5.74, 6) is 0.210. The monoisotopic (exact) mass is 395 g/mol. The zero-order valence-corrected chi connectivity index (χ0v) is 15.4. The molecule has 0 fully saturated rings. The molecular formula is C20H17ClCoN2O. The van der Waals surface area contributed by atoms with Crippen LogP contribution in [0.5, 0.6) is 5.75 Å². The third kappa shape index (κ3) is 5.36. The van der Waals surface area contributed by atoms with Crippen LogP contribution >= 0.6 is 10.1 Å². The van der Waals surface area contributed by atoms with Gasteiger partial charge in [-0.2, -0.15) is 0 Å². The Bertz CT molecular complexity index is 838. The van der Waals surface area contributed by atoms with Crippen molar-refractivity contribution in [2.45, 2.75) is 6.92 Å². The Labute approximate surface area is 160 Å². The van der Waals surface area contributed by atoms with Crippen molar-refractivity contribution in [3.8, 4) is 5.75 Å². The molecule has 129 valence electrons. The molecule has 3 nitrogen and oxygen atoms in total. The van der Waals surface area contributed by atoms with Crippen molar-refractivity contribution in [1.29, 1.82) is 0 Å². The van der Waals surface area contributed by atoms with Crippen molar-refractivity contribution in [3.63, 3.8) is 0 Å². The maximum atomic E-state index is 10.1. The topological polar surface area (TPSA) is 46.7 Å². The van der Waals surface area contributed by atoms with Crippen molar-refractivity contribution in [3.05, 3.63) is 89.2 Å². The molecule has 0 aromatic heterocycles. The minimum atomic E-state index is 0.210. The number of phenolic OH excluding ortho intramolecular Hbond substituents is 1. The Balaban J connectivity index is 0.00000109. The first-order valence-electron chi connectivity index (χ1n) is 7.55. The fourth-order valence-corrected chi connectivity index (χ4v) is 2.22. The number of aromatic hydroxyl groups is 1. The molecule has 3 rings (SSSR count). The van der Waals surface area contributed by atoms with Crippen LogP contribution < -0.4 is 0 Å². The number of aliphatic imine (C=N–C) groups is 1. The molecule has 0 saturated carbocycles. The molecule has 0 heterocycles. The number of nitrogens with zero attached hydrogens (tertiary/aromatic N) is 2. The molecule has 0 spiro atoms. The van der Waals surface area contributed by atoms with Crippen LogP contribution in [0.1, 0.15) is 11.1 Å². The Hall–Kier alpha value is -2.27.